The smallest absolute Gasteiger partial charge is 0.241 e. The Morgan fingerprint density at radius 3 is 2.50 bits per heavy atom. The van der Waals surface area contributed by atoms with Gasteiger partial charge in [0.2, 0.25) is 5.91 Å². The molecule has 0 aromatic heterocycles. The molecule has 0 fully saturated rings. The van der Waals surface area contributed by atoms with Crippen molar-refractivity contribution in [2.45, 2.75) is 26.8 Å². The highest BCUT2D eigenvalue weighted by Crippen LogP contribution is 2.23. The summed E-state index contributed by atoms with van der Waals surface area (Å²) in [7, 11) is 1.91. The molecule has 24 heavy (non-hydrogen) atoms. The van der Waals surface area contributed by atoms with Gasteiger partial charge in [0.05, 0.1) is 10.0 Å². The molecule has 1 aromatic carbocycles. The molecule has 0 saturated carbocycles. The van der Waals surface area contributed by atoms with Crippen molar-refractivity contribution in [2.75, 3.05) is 26.7 Å². The molecule has 8 heteroatoms. The summed E-state index contributed by atoms with van der Waals surface area (Å²) in [6.07, 6.45) is 0.909. The minimum atomic E-state index is -0.0785. The number of carbonyl (C=O) groups is 1. The number of aliphatic imine (C=N–C) groups is 1. The van der Waals surface area contributed by atoms with Crippen molar-refractivity contribution < 1.29 is 4.79 Å². The fraction of sp³-hybridized carbons (Fsp3) is 0.500. The summed E-state index contributed by atoms with van der Waals surface area (Å²) in [6.45, 7) is 6.11. The number of guanidine groups is 1. The third kappa shape index (κ3) is 8.39. The maximum atomic E-state index is 11.7. The maximum Gasteiger partial charge on any atom is 0.241 e. The van der Waals surface area contributed by atoms with Gasteiger partial charge in [0.25, 0.3) is 0 Å². The van der Waals surface area contributed by atoms with Crippen LogP contribution in [0.1, 0.15) is 25.8 Å². The zero-order valence-corrected chi connectivity index (χ0v) is 18.1. The Balaban J connectivity index is 0.00000529. The van der Waals surface area contributed by atoms with Gasteiger partial charge in [0, 0.05) is 26.7 Å². The number of halogens is 3. The molecule has 1 amide bonds. The van der Waals surface area contributed by atoms with Crippen LogP contribution in [-0.4, -0.2) is 43.4 Å². The lowest BCUT2D eigenvalue weighted by Gasteiger charge is -2.22. The molecule has 1 rings (SSSR count). The average Bonchev–Trinajstić information content (AvgIpc) is 2.52. The van der Waals surface area contributed by atoms with Crippen LogP contribution in [0.5, 0.6) is 0 Å². The van der Waals surface area contributed by atoms with Gasteiger partial charge in [-0.25, -0.2) is 4.99 Å². The molecule has 5 nitrogen and oxygen atoms in total. The molecular formula is C16H25Cl2IN4O. The highest BCUT2D eigenvalue weighted by Gasteiger charge is 2.09. The standard InChI is InChI=1S/C16H24Cl2N4O.HI/c1-4-8-20-15(23)10-21-16(19-5-2)22(3)11-12-6-7-13(17)14(18)9-12;/h6-7,9H,4-5,8,10-11H2,1-3H3,(H,19,21)(H,20,23);1H. The third-order valence-corrected chi connectivity index (χ3v) is 3.78. The molecule has 0 radical (unpaired) electrons. The van der Waals surface area contributed by atoms with Crippen LogP contribution in [-0.2, 0) is 11.3 Å². The van der Waals surface area contributed by atoms with Crippen LogP contribution in [0.2, 0.25) is 10.0 Å². The molecule has 136 valence electrons. The summed E-state index contributed by atoms with van der Waals surface area (Å²) in [5, 5.41) is 7.04. The molecule has 0 bridgehead atoms. The van der Waals surface area contributed by atoms with Gasteiger partial charge in [-0.15, -0.1) is 24.0 Å². The first kappa shape index (κ1) is 23.3. The Morgan fingerprint density at radius 1 is 1.21 bits per heavy atom. The molecular weight excluding hydrogens is 462 g/mol. The Hall–Kier alpha value is -0.730. The Kier molecular flexibility index (Phi) is 12.2. The number of nitrogens with one attached hydrogen (secondary N) is 2. The fourth-order valence-electron chi connectivity index (χ4n) is 1.92. The second-order valence-electron chi connectivity index (χ2n) is 5.12. The summed E-state index contributed by atoms with van der Waals surface area (Å²) in [6, 6.07) is 5.52. The van der Waals surface area contributed by atoms with E-state index in [1.807, 2.05) is 37.9 Å². The summed E-state index contributed by atoms with van der Waals surface area (Å²) < 4.78 is 0. The second kappa shape index (κ2) is 12.6. The van der Waals surface area contributed by atoms with E-state index >= 15 is 0 Å². The van der Waals surface area contributed by atoms with E-state index in [-0.39, 0.29) is 36.4 Å². The Morgan fingerprint density at radius 2 is 1.92 bits per heavy atom. The first-order chi connectivity index (χ1) is 11.0. The summed E-state index contributed by atoms with van der Waals surface area (Å²) in [5.74, 6) is 0.593. The third-order valence-electron chi connectivity index (χ3n) is 3.04. The van der Waals surface area contributed by atoms with E-state index in [4.69, 9.17) is 23.2 Å². The molecule has 0 aliphatic heterocycles. The van der Waals surface area contributed by atoms with E-state index < -0.39 is 0 Å². The molecule has 1 aromatic rings. The van der Waals surface area contributed by atoms with Crippen molar-refractivity contribution in [3.8, 4) is 0 Å². The highest BCUT2D eigenvalue weighted by atomic mass is 127. The first-order valence-electron chi connectivity index (χ1n) is 7.68. The van der Waals surface area contributed by atoms with Crippen LogP contribution in [0.3, 0.4) is 0 Å². The van der Waals surface area contributed by atoms with E-state index in [0.29, 0.717) is 29.1 Å². The van der Waals surface area contributed by atoms with Crippen LogP contribution in [0.15, 0.2) is 23.2 Å². The SMILES string of the molecule is CCCNC(=O)CN=C(NCC)N(C)Cc1ccc(Cl)c(Cl)c1.I. The second-order valence-corrected chi connectivity index (χ2v) is 5.94. The normalized spacial score (nSPS) is 10.8. The summed E-state index contributed by atoms with van der Waals surface area (Å²) in [5.41, 5.74) is 1.02. The minimum Gasteiger partial charge on any atom is -0.357 e. The number of hydrogen-bond donors (Lipinski definition) is 2. The van der Waals surface area contributed by atoms with Crippen molar-refractivity contribution >= 4 is 59.0 Å². The van der Waals surface area contributed by atoms with Gasteiger partial charge in [0.1, 0.15) is 6.54 Å². The number of amides is 1. The van der Waals surface area contributed by atoms with Gasteiger partial charge in [-0.1, -0.05) is 36.2 Å². The van der Waals surface area contributed by atoms with Crippen LogP contribution >= 0.6 is 47.2 Å². The average molecular weight is 487 g/mol. The van der Waals surface area contributed by atoms with E-state index in [9.17, 15) is 4.79 Å². The Bertz CT molecular complexity index is 555. The summed E-state index contributed by atoms with van der Waals surface area (Å²) in [4.78, 5) is 18.0. The quantitative estimate of drug-likeness (QED) is 0.352. The zero-order chi connectivity index (χ0) is 17.2. The van der Waals surface area contributed by atoms with Crippen molar-refractivity contribution in [3.05, 3.63) is 33.8 Å². The number of carbonyl (C=O) groups excluding carboxylic acids is 1. The van der Waals surface area contributed by atoms with Gasteiger partial charge in [-0.3, -0.25) is 4.79 Å². The molecule has 0 unspecified atom stereocenters. The highest BCUT2D eigenvalue weighted by molar-refractivity contribution is 14.0. The molecule has 0 atom stereocenters. The van der Waals surface area contributed by atoms with Crippen molar-refractivity contribution in [1.29, 1.82) is 0 Å². The first-order valence-corrected chi connectivity index (χ1v) is 8.43. The van der Waals surface area contributed by atoms with Gasteiger partial charge < -0.3 is 15.5 Å². The van der Waals surface area contributed by atoms with Gasteiger partial charge in [-0.2, -0.15) is 0 Å². The molecule has 0 aliphatic carbocycles. The molecule has 0 aliphatic rings. The fourth-order valence-corrected chi connectivity index (χ4v) is 2.24. The lowest BCUT2D eigenvalue weighted by molar-refractivity contribution is -0.119. The van der Waals surface area contributed by atoms with Crippen LogP contribution in [0.4, 0.5) is 0 Å². The van der Waals surface area contributed by atoms with Crippen LogP contribution in [0.25, 0.3) is 0 Å². The van der Waals surface area contributed by atoms with Gasteiger partial charge in [0.15, 0.2) is 5.96 Å². The number of nitrogens with zero attached hydrogens (tertiary/aromatic N) is 2. The number of hydrogen-bond acceptors (Lipinski definition) is 2. The number of benzene rings is 1. The van der Waals surface area contributed by atoms with E-state index in [0.717, 1.165) is 18.5 Å². The molecule has 0 saturated heterocycles. The molecule has 0 heterocycles. The zero-order valence-electron chi connectivity index (χ0n) is 14.2. The van der Waals surface area contributed by atoms with Crippen LogP contribution < -0.4 is 10.6 Å². The monoisotopic (exact) mass is 486 g/mol. The Labute approximate surface area is 171 Å². The van der Waals surface area contributed by atoms with Crippen LogP contribution in [0, 0.1) is 0 Å². The lowest BCUT2D eigenvalue weighted by atomic mass is 10.2. The predicted octanol–water partition coefficient (Wildman–Crippen LogP) is 3.53. The van der Waals surface area contributed by atoms with Crippen molar-refractivity contribution in [2.24, 2.45) is 4.99 Å². The van der Waals surface area contributed by atoms with Crippen molar-refractivity contribution in [3.63, 3.8) is 0 Å². The lowest BCUT2D eigenvalue weighted by Crippen LogP contribution is -2.39. The minimum absolute atomic E-state index is 0. The van der Waals surface area contributed by atoms with Gasteiger partial charge in [-0.05, 0) is 31.0 Å². The topological polar surface area (TPSA) is 56.7 Å². The summed E-state index contributed by atoms with van der Waals surface area (Å²) >= 11 is 12.0. The van der Waals surface area contributed by atoms with E-state index in [1.165, 1.54) is 0 Å². The van der Waals surface area contributed by atoms with Crippen molar-refractivity contribution in [1.82, 2.24) is 15.5 Å². The number of rotatable bonds is 7. The van der Waals surface area contributed by atoms with Gasteiger partial charge >= 0.3 is 0 Å². The van der Waals surface area contributed by atoms with E-state index in [2.05, 4.69) is 15.6 Å². The molecule has 2 N–H and O–H groups in total. The largest absolute Gasteiger partial charge is 0.357 e. The maximum absolute atomic E-state index is 11.7. The predicted molar refractivity (Wildman–Crippen MR) is 113 cm³/mol. The van der Waals surface area contributed by atoms with E-state index in [1.54, 1.807) is 6.07 Å². The molecule has 0 spiro atoms.